The summed E-state index contributed by atoms with van der Waals surface area (Å²) in [5.74, 6) is -0.0765. The van der Waals surface area contributed by atoms with E-state index in [0.29, 0.717) is 42.4 Å². The second-order valence-corrected chi connectivity index (χ2v) is 7.24. The van der Waals surface area contributed by atoms with Gasteiger partial charge in [-0.3, -0.25) is 4.57 Å². The van der Waals surface area contributed by atoms with Gasteiger partial charge in [0, 0.05) is 13.1 Å². The van der Waals surface area contributed by atoms with Crippen LogP contribution in [0.1, 0.15) is 42.1 Å². The average Bonchev–Trinajstić information content (AvgIpc) is 3.17. The van der Waals surface area contributed by atoms with E-state index >= 15 is 0 Å². The SMILES string of the molecule is CCCCOc1nc(N)c2nc(OC)n(CCCNCc3cccc(C(=O)OC)c3)c2n1. The van der Waals surface area contributed by atoms with Gasteiger partial charge in [-0.25, -0.2) is 4.79 Å². The van der Waals surface area contributed by atoms with Gasteiger partial charge in [0.2, 0.25) is 0 Å². The van der Waals surface area contributed by atoms with Gasteiger partial charge in [-0.05, 0) is 37.1 Å². The van der Waals surface area contributed by atoms with Gasteiger partial charge in [-0.2, -0.15) is 15.0 Å². The number of unbranched alkanes of at least 4 members (excludes halogenated alkanes) is 1. The molecule has 10 heteroatoms. The van der Waals surface area contributed by atoms with E-state index in [2.05, 4.69) is 27.2 Å². The zero-order valence-electron chi connectivity index (χ0n) is 18.8. The molecule has 0 unspecified atom stereocenters. The summed E-state index contributed by atoms with van der Waals surface area (Å²) in [5, 5.41) is 3.38. The van der Waals surface area contributed by atoms with Crippen molar-refractivity contribution < 1.29 is 19.0 Å². The van der Waals surface area contributed by atoms with Crippen molar-refractivity contribution in [3.63, 3.8) is 0 Å². The smallest absolute Gasteiger partial charge is 0.337 e. The number of rotatable bonds is 12. The number of fused-ring (bicyclic) bond motifs is 1. The molecule has 0 aliphatic rings. The minimum atomic E-state index is -0.342. The second kappa shape index (κ2) is 11.3. The van der Waals surface area contributed by atoms with Crippen molar-refractivity contribution in [3.8, 4) is 12.0 Å². The molecule has 2 heterocycles. The first-order valence-electron chi connectivity index (χ1n) is 10.7. The van der Waals surface area contributed by atoms with Crippen molar-refractivity contribution in [1.82, 2.24) is 24.8 Å². The maximum Gasteiger partial charge on any atom is 0.337 e. The van der Waals surface area contributed by atoms with Gasteiger partial charge in [0.15, 0.2) is 17.0 Å². The van der Waals surface area contributed by atoms with E-state index < -0.39 is 0 Å². The average molecular weight is 443 g/mol. The highest BCUT2D eigenvalue weighted by Crippen LogP contribution is 2.25. The standard InChI is InChI=1S/C22H30N6O4/c1-4-5-12-32-21-26-18(23)17-19(27-21)28(22(25-17)31-3)11-7-10-24-14-15-8-6-9-16(13-15)20(29)30-2/h6,8-9,13,24H,4-5,7,10-12,14H2,1-3H3,(H2,23,26,27). The number of imidazole rings is 1. The predicted molar refractivity (Wildman–Crippen MR) is 121 cm³/mol. The lowest BCUT2D eigenvalue weighted by atomic mass is 10.1. The van der Waals surface area contributed by atoms with Gasteiger partial charge < -0.3 is 25.3 Å². The van der Waals surface area contributed by atoms with Crippen LogP contribution in [0.15, 0.2) is 24.3 Å². The molecule has 3 N–H and O–H groups in total. The largest absolute Gasteiger partial charge is 0.468 e. The van der Waals surface area contributed by atoms with Crippen molar-refractivity contribution in [2.24, 2.45) is 0 Å². The lowest BCUT2D eigenvalue weighted by molar-refractivity contribution is 0.0600. The van der Waals surface area contributed by atoms with Crippen molar-refractivity contribution in [2.75, 3.05) is 33.1 Å². The van der Waals surface area contributed by atoms with E-state index in [4.69, 9.17) is 19.9 Å². The first-order chi connectivity index (χ1) is 15.6. The number of methoxy groups -OCH3 is 2. The molecule has 0 amide bonds. The Kier molecular flexibility index (Phi) is 8.20. The number of carbonyl (C=O) groups excluding carboxylic acids is 1. The fraction of sp³-hybridized carbons (Fsp3) is 0.455. The highest BCUT2D eigenvalue weighted by Gasteiger charge is 2.17. The summed E-state index contributed by atoms with van der Waals surface area (Å²) in [6.07, 6.45) is 2.73. The minimum absolute atomic E-state index is 0.246. The van der Waals surface area contributed by atoms with E-state index in [1.54, 1.807) is 13.2 Å². The summed E-state index contributed by atoms with van der Waals surface area (Å²) in [6, 6.07) is 8.04. The van der Waals surface area contributed by atoms with E-state index in [1.165, 1.54) is 7.11 Å². The molecule has 0 spiro atoms. The zero-order valence-corrected chi connectivity index (χ0v) is 18.8. The Balaban J connectivity index is 1.62. The van der Waals surface area contributed by atoms with Gasteiger partial charge in [0.05, 0.1) is 26.4 Å². The van der Waals surface area contributed by atoms with Crippen LogP contribution in [-0.4, -0.2) is 52.9 Å². The molecule has 32 heavy (non-hydrogen) atoms. The zero-order chi connectivity index (χ0) is 22.9. The quantitative estimate of drug-likeness (QED) is 0.321. The molecule has 0 radical (unpaired) electrons. The van der Waals surface area contributed by atoms with Crippen LogP contribution in [0.25, 0.3) is 11.2 Å². The number of hydrogen-bond acceptors (Lipinski definition) is 9. The van der Waals surface area contributed by atoms with E-state index in [-0.39, 0.29) is 17.8 Å². The molecule has 0 atom stereocenters. The number of nitrogens with two attached hydrogens (primary N) is 1. The molecule has 172 valence electrons. The Hall–Kier alpha value is -3.40. The summed E-state index contributed by atoms with van der Waals surface area (Å²) in [5.41, 5.74) is 8.71. The first kappa shape index (κ1) is 23.3. The molecule has 0 saturated heterocycles. The number of aryl methyl sites for hydroxylation is 1. The monoisotopic (exact) mass is 442 g/mol. The molecule has 0 aliphatic carbocycles. The fourth-order valence-electron chi connectivity index (χ4n) is 3.23. The number of esters is 1. The van der Waals surface area contributed by atoms with Gasteiger partial charge in [-0.15, -0.1) is 0 Å². The minimum Gasteiger partial charge on any atom is -0.468 e. The van der Waals surface area contributed by atoms with E-state index in [0.717, 1.165) is 31.4 Å². The number of nitrogen functional groups attached to an aromatic ring is 1. The maximum absolute atomic E-state index is 11.7. The van der Waals surface area contributed by atoms with Crippen LogP contribution in [0.5, 0.6) is 12.0 Å². The summed E-state index contributed by atoms with van der Waals surface area (Å²) in [6.45, 7) is 4.63. The van der Waals surface area contributed by atoms with Gasteiger partial charge in [0.1, 0.15) is 0 Å². The van der Waals surface area contributed by atoms with Crippen LogP contribution in [0.3, 0.4) is 0 Å². The topological polar surface area (TPSA) is 126 Å². The van der Waals surface area contributed by atoms with Crippen molar-refractivity contribution >= 4 is 23.0 Å². The predicted octanol–water partition coefficient (Wildman–Crippen LogP) is 2.56. The molecule has 0 saturated carbocycles. The third-order valence-electron chi connectivity index (χ3n) is 4.89. The third-order valence-corrected chi connectivity index (χ3v) is 4.89. The van der Waals surface area contributed by atoms with Crippen molar-refractivity contribution in [1.29, 1.82) is 0 Å². The lowest BCUT2D eigenvalue weighted by Gasteiger charge is -2.10. The third kappa shape index (κ3) is 5.64. The van der Waals surface area contributed by atoms with Crippen LogP contribution in [0, 0.1) is 0 Å². The van der Waals surface area contributed by atoms with Crippen LogP contribution in [0.4, 0.5) is 5.82 Å². The van der Waals surface area contributed by atoms with E-state index in [9.17, 15) is 4.79 Å². The number of nitrogens with one attached hydrogen (secondary N) is 1. The Labute approximate surface area is 187 Å². The highest BCUT2D eigenvalue weighted by molar-refractivity contribution is 5.89. The molecular formula is C22H30N6O4. The number of anilines is 1. The molecular weight excluding hydrogens is 412 g/mol. The molecule has 2 aromatic heterocycles. The first-order valence-corrected chi connectivity index (χ1v) is 10.7. The fourth-order valence-corrected chi connectivity index (χ4v) is 3.23. The van der Waals surface area contributed by atoms with Gasteiger partial charge >= 0.3 is 12.0 Å². The van der Waals surface area contributed by atoms with Crippen LogP contribution >= 0.6 is 0 Å². The number of carbonyl (C=O) groups is 1. The summed E-state index contributed by atoms with van der Waals surface area (Å²) in [7, 11) is 2.94. The molecule has 3 rings (SSSR count). The molecule has 0 fully saturated rings. The normalized spacial score (nSPS) is 11.0. The number of ether oxygens (including phenoxy) is 3. The van der Waals surface area contributed by atoms with Crippen LogP contribution < -0.4 is 20.5 Å². The molecule has 3 aromatic rings. The Bertz CT molecular complexity index is 1050. The molecule has 10 nitrogen and oxygen atoms in total. The molecule has 1 aromatic carbocycles. The van der Waals surface area contributed by atoms with Crippen molar-refractivity contribution in [3.05, 3.63) is 35.4 Å². The summed E-state index contributed by atoms with van der Waals surface area (Å²) >= 11 is 0. The number of aromatic nitrogens is 4. The number of hydrogen-bond donors (Lipinski definition) is 2. The number of nitrogens with zero attached hydrogens (tertiary/aromatic N) is 4. The molecule has 0 bridgehead atoms. The number of benzene rings is 1. The van der Waals surface area contributed by atoms with E-state index in [1.807, 2.05) is 22.8 Å². The van der Waals surface area contributed by atoms with Crippen LogP contribution in [-0.2, 0) is 17.8 Å². The Morgan fingerprint density at radius 3 is 2.78 bits per heavy atom. The summed E-state index contributed by atoms with van der Waals surface area (Å²) < 4.78 is 17.7. The van der Waals surface area contributed by atoms with Crippen LogP contribution in [0.2, 0.25) is 0 Å². The second-order valence-electron chi connectivity index (χ2n) is 7.24. The van der Waals surface area contributed by atoms with Gasteiger partial charge in [-0.1, -0.05) is 25.5 Å². The Morgan fingerprint density at radius 1 is 1.19 bits per heavy atom. The molecule has 0 aliphatic heterocycles. The lowest BCUT2D eigenvalue weighted by Crippen LogP contribution is -2.17. The van der Waals surface area contributed by atoms with Crippen molar-refractivity contribution in [2.45, 2.75) is 39.3 Å². The van der Waals surface area contributed by atoms with Gasteiger partial charge in [0.25, 0.3) is 6.01 Å². The Morgan fingerprint density at radius 2 is 2.03 bits per heavy atom. The maximum atomic E-state index is 11.7. The highest BCUT2D eigenvalue weighted by atomic mass is 16.5. The summed E-state index contributed by atoms with van der Waals surface area (Å²) in [4.78, 5) is 24.8.